The van der Waals surface area contributed by atoms with Crippen molar-refractivity contribution in [3.8, 4) is 0 Å². The molecule has 4 aliphatic rings. The number of fused-ring (bicyclic) bond motifs is 1. The molecule has 0 bridgehead atoms. The molecule has 3 fully saturated rings. The van der Waals surface area contributed by atoms with Crippen molar-refractivity contribution in [2.45, 2.75) is 70.1 Å². The van der Waals surface area contributed by atoms with Gasteiger partial charge in [0.15, 0.2) is 0 Å². The van der Waals surface area contributed by atoms with Crippen molar-refractivity contribution < 1.29 is 34.3 Å². The van der Waals surface area contributed by atoms with Gasteiger partial charge >= 0.3 is 12.1 Å². The Kier molecular flexibility index (Phi) is 8.81. The molecule has 4 heterocycles. The molecule has 0 spiro atoms. The van der Waals surface area contributed by atoms with Gasteiger partial charge < -0.3 is 29.6 Å². The number of carbonyl (C=O) groups is 3. The van der Waals surface area contributed by atoms with E-state index in [1.54, 1.807) is 24.0 Å². The molecular weight excluding hydrogens is 564 g/mol. The molecule has 0 unspecified atom stereocenters. The van der Waals surface area contributed by atoms with Crippen LogP contribution in [0.15, 0.2) is 34.9 Å². The number of thioether (sulfide) groups is 1. The molecule has 0 saturated carbocycles. The Balaban J connectivity index is 1.32. The fourth-order valence-electron chi connectivity index (χ4n) is 7.02. The molecule has 5 rings (SSSR count). The topological polar surface area (TPSA) is 154 Å². The number of rotatable bonds is 9. The Morgan fingerprint density at radius 3 is 2.45 bits per heavy atom. The van der Waals surface area contributed by atoms with Crippen molar-refractivity contribution in [3.63, 3.8) is 0 Å². The molecule has 4 aliphatic heterocycles. The molecule has 228 valence electrons. The van der Waals surface area contributed by atoms with Gasteiger partial charge in [-0.2, -0.15) is 0 Å². The Hall–Kier alpha value is -3.16. The molecule has 13 heteroatoms. The van der Waals surface area contributed by atoms with E-state index in [0.717, 1.165) is 32.5 Å². The van der Waals surface area contributed by atoms with Gasteiger partial charge in [0.25, 0.3) is 5.69 Å². The van der Waals surface area contributed by atoms with Crippen molar-refractivity contribution in [1.29, 1.82) is 0 Å². The average Bonchev–Trinajstić information content (AvgIpc) is 3.49. The van der Waals surface area contributed by atoms with Crippen molar-refractivity contribution in [1.82, 2.24) is 14.7 Å². The highest BCUT2D eigenvalue weighted by molar-refractivity contribution is 8.03. The summed E-state index contributed by atoms with van der Waals surface area (Å²) in [4.78, 5) is 55.1. The van der Waals surface area contributed by atoms with Crippen LogP contribution in [-0.2, 0) is 20.9 Å². The van der Waals surface area contributed by atoms with Crippen LogP contribution in [0.4, 0.5) is 10.5 Å². The normalized spacial score (nSPS) is 29.0. The summed E-state index contributed by atoms with van der Waals surface area (Å²) in [6, 6.07) is 5.44. The minimum atomic E-state index is -1.16. The largest absolute Gasteiger partial charge is 0.477 e. The van der Waals surface area contributed by atoms with E-state index in [1.807, 2.05) is 6.92 Å². The average molecular weight is 603 g/mol. The van der Waals surface area contributed by atoms with Gasteiger partial charge in [0.1, 0.15) is 12.3 Å². The second-order valence-electron chi connectivity index (χ2n) is 11.7. The van der Waals surface area contributed by atoms with Crippen LogP contribution in [0.1, 0.15) is 45.6 Å². The van der Waals surface area contributed by atoms with Gasteiger partial charge in [-0.05, 0) is 69.4 Å². The Labute approximate surface area is 248 Å². The fraction of sp³-hybridized carbons (Fsp3) is 0.621. The highest BCUT2D eigenvalue weighted by Crippen LogP contribution is 2.52. The number of hydrogen-bond acceptors (Lipinski definition) is 9. The van der Waals surface area contributed by atoms with Gasteiger partial charge in [-0.15, -0.1) is 11.8 Å². The van der Waals surface area contributed by atoms with Crippen molar-refractivity contribution in [3.05, 3.63) is 50.5 Å². The molecule has 2 N–H and O–H groups in total. The molecule has 1 aromatic carbocycles. The number of likely N-dealkylation sites (tertiary alicyclic amines) is 2. The molecule has 1 aromatic rings. The van der Waals surface area contributed by atoms with Crippen LogP contribution in [0.2, 0.25) is 0 Å². The molecule has 12 nitrogen and oxygen atoms in total. The van der Waals surface area contributed by atoms with E-state index in [4.69, 9.17) is 4.74 Å². The van der Waals surface area contributed by atoms with Gasteiger partial charge in [-0.1, -0.05) is 13.8 Å². The predicted molar refractivity (Wildman–Crippen MR) is 154 cm³/mol. The van der Waals surface area contributed by atoms with Gasteiger partial charge in [-0.3, -0.25) is 14.9 Å². The summed E-state index contributed by atoms with van der Waals surface area (Å²) in [6.07, 6.45) is 1.24. The van der Waals surface area contributed by atoms with E-state index in [2.05, 4.69) is 11.8 Å². The highest BCUT2D eigenvalue weighted by atomic mass is 32.2. The SMILES string of the molecule is CCN1CCC([C@@H]2C[C@H](SC3=C(C(=O)O)N4C(=O)[C@H]([C@@H](C)O)[C@H]4[C@H]3C)CN2C(=O)OCc2ccc([N+](=O)[O-])cc2)CC1. The summed E-state index contributed by atoms with van der Waals surface area (Å²) in [5.41, 5.74) is 0.599. The first-order chi connectivity index (χ1) is 20.0. The Morgan fingerprint density at radius 1 is 1.21 bits per heavy atom. The summed E-state index contributed by atoms with van der Waals surface area (Å²) < 4.78 is 5.68. The minimum Gasteiger partial charge on any atom is -0.477 e. The quantitative estimate of drug-likeness (QED) is 0.244. The summed E-state index contributed by atoms with van der Waals surface area (Å²) in [6.45, 7) is 8.84. The number of aliphatic hydroxyl groups excluding tert-OH is 1. The number of aliphatic hydroxyl groups is 1. The molecule has 3 saturated heterocycles. The van der Waals surface area contributed by atoms with Crippen LogP contribution >= 0.6 is 11.8 Å². The highest BCUT2D eigenvalue weighted by Gasteiger charge is 2.60. The number of carboxylic acid groups (broad SMARTS) is 1. The van der Waals surface area contributed by atoms with Crippen molar-refractivity contribution in [2.24, 2.45) is 17.8 Å². The maximum atomic E-state index is 13.5. The second-order valence-corrected chi connectivity index (χ2v) is 13.1. The van der Waals surface area contributed by atoms with E-state index < -0.39 is 29.0 Å². The molecule has 42 heavy (non-hydrogen) atoms. The number of aliphatic carboxylic acids is 1. The number of carboxylic acids is 1. The first kappa shape index (κ1) is 30.3. The summed E-state index contributed by atoms with van der Waals surface area (Å²) in [5.74, 6) is -2.12. The minimum absolute atomic E-state index is 0.00796. The number of amides is 2. The molecule has 2 amide bonds. The number of carbonyl (C=O) groups excluding carboxylic acids is 2. The van der Waals surface area contributed by atoms with Gasteiger partial charge in [0.2, 0.25) is 5.91 Å². The summed E-state index contributed by atoms with van der Waals surface area (Å²) in [5, 5.41) is 31.1. The fourth-order valence-corrected chi connectivity index (χ4v) is 8.56. The number of nitro benzene ring substituents is 1. The van der Waals surface area contributed by atoms with Gasteiger partial charge in [0.05, 0.1) is 23.0 Å². The zero-order valence-electron chi connectivity index (χ0n) is 24.0. The lowest BCUT2D eigenvalue weighted by Crippen LogP contribution is -2.63. The number of nitro groups is 1. The van der Waals surface area contributed by atoms with Crippen LogP contribution < -0.4 is 0 Å². The zero-order chi connectivity index (χ0) is 30.3. The number of benzene rings is 1. The third-order valence-corrected chi connectivity index (χ3v) is 10.8. The van der Waals surface area contributed by atoms with E-state index in [9.17, 15) is 34.7 Å². The molecular formula is C29H38N4O8S. The lowest BCUT2D eigenvalue weighted by Gasteiger charge is -2.46. The second kappa shape index (κ2) is 12.2. The molecule has 0 radical (unpaired) electrons. The number of non-ortho nitro benzene ring substituents is 1. The lowest BCUT2D eigenvalue weighted by molar-refractivity contribution is -0.384. The maximum absolute atomic E-state index is 13.5. The predicted octanol–water partition coefficient (Wildman–Crippen LogP) is 3.29. The van der Waals surface area contributed by atoms with Gasteiger partial charge in [0, 0.05) is 40.8 Å². The Morgan fingerprint density at radius 2 is 1.88 bits per heavy atom. The van der Waals surface area contributed by atoms with E-state index in [-0.39, 0.29) is 53.1 Å². The lowest BCUT2D eigenvalue weighted by atomic mass is 9.79. The number of nitrogens with zero attached hydrogens (tertiary/aromatic N) is 4. The maximum Gasteiger partial charge on any atom is 0.410 e. The van der Waals surface area contributed by atoms with E-state index in [0.29, 0.717) is 23.4 Å². The monoisotopic (exact) mass is 602 g/mol. The first-order valence-electron chi connectivity index (χ1n) is 14.6. The number of ether oxygens (including phenoxy) is 1. The van der Waals surface area contributed by atoms with Crippen molar-refractivity contribution >= 4 is 35.4 Å². The van der Waals surface area contributed by atoms with Crippen LogP contribution in [0, 0.1) is 27.9 Å². The summed E-state index contributed by atoms with van der Waals surface area (Å²) >= 11 is 1.43. The molecule has 6 atom stereocenters. The van der Waals surface area contributed by atoms with E-state index in [1.165, 1.54) is 28.8 Å². The third kappa shape index (κ3) is 5.61. The van der Waals surface area contributed by atoms with Crippen molar-refractivity contribution in [2.75, 3.05) is 26.2 Å². The number of β-lactam (4-membered cyclic amide) rings is 1. The standard InChI is InChI=1S/C29H38N4O8S/c1-4-30-11-9-19(10-12-30)22-13-21(14-31(22)29(38)41-15-18-5-7-20(8-6-18)33(39)40)42-26-16(2)24-23(17(3)34)27(35)32(24)25(26)28(36)37/h5-8,16-17,19,21-24,34H,4,9-15H2,1-3H3,(H,36,37)/t16-,17-,21+,22+,23-,24-/m1/s1. The zero-order valence-corrected chi connectivity index (χ0v) is 24.9. The van der Waals surface area contributed by atoms with Crippen LogP contribution in [0.3, 0.4) is 0 Å². The summed E-state index contributed by atoms with van der Waals surface area (Å²) in [7, 11) is 0. The first-order valence-corrected chi connectivity index (χ1v) is 15.4. The van der Waals surface area contributed by atoms with Crippen LogP contribution in [0.25, 0.3) is 0 Å². The smallest absolute Gasteiger partial charge is 0.410 e. The Bertz CT molecular complexity index is 1260. The van der Waals surface area contributed by atoms with E-state index >= 15 is 0 Å². The number of hydrogen-bond donors (Lipinski definition) is 2. The van der Waals surface area contributed by atoms with Crippen LogP contribution in [0.5, 0.6) is 0 Å². The van der Waals surface area contributed by atoms with Crippen LogP contribution in [-0.4, -0.2) is 97.4 Å². The number of piperidine rings is 1. The third-order valence-electron chi connectivity index (χ3n) is 9.28. The molecule has 0 aromatic heterocycles. The molecule has 0 aliphatic carbocycles. The van der Waals surface area contributed by atoms with Gasteiger partial charge in [-0.25, -0.2) is 9.59 Å².